The zero-order chi connectivity index (χ0) is 29.9. The lowest BCUT2D eigenvalue weighted by Crippen LogP contribution is -2.62. The van der Waals surface area contributed by atoms with Crippen molar-refractivity contribution in [2.75, 3.05) is 6.61 Å². The summed E-state index contributed by atoms with van der Waals surface area (Å²) in [7, 11) is 0. The number of rotatable bonds is 12. The van der Waals surface area contributed by atoms with Crippen molar-refractivity contribution in [1.82, 2.24) is 0 Å². The van der Waals surface area contributed by atoms with E-state index < -0.39 is 79.2 Å². The Morgan fingerprint density at radius 2 is 1.28 bits per heavy atom. The number of aliphatic hydroxyl groups is 4. The minimum Gasteiger partial charge on any atom is -0.456 e. The second-order valence-corrected chi connectivity index (χ2v) is 9.01. The van der Waals surface area contributed by atoms with Crippen LogP contribution in [-0.4, -0.2) is 113 Å². The first kappa shape index (κ1) is 34.3. The van der Waals surface area contributed by atoms with Crippen molar-refractivity contribution in [1.29, 1.82) is 0 Å². The third-order valence-corrected chi connectivity index (χ3v) is 5.43. The summed E-state index contributed by atoms with van der Waals surface area (Å²) in [4.78, 5) is 55.9. The van der Waals surface area contributed by atoms with Crippen LogP contribution in [0.15, 0.2) is 0 Å². The molecule has 0 spiro atoms. The highest BCUT2D eigenvalue weighted by Gasteiger charge is 2.56. The Labute approximate surface area is 225 Å². The van der Waals surface area contributed by atoms with Gasteiger partial charge in [0.2, 0.25) is 12.4 Å². The maximum Gasteiger partial charge on any atom is 0.305 e. The number of esters is 4. The van der Waals surface area contributed by atoms with Crippen LogP contribution >= 0.6 is 0 Å². The lowest BCUT2D eigenvalue weighted by Gasteiger charge is -2.44. The molecule has 0 aromatic rings. The lowest BCUT2D eigenvalue weighted by molar-refractivity contribution is -0.299. The minimum absolute atomic E-state index is 0.0683. The van der Waals surface area contributed by atoms with Crippen molar-refractivity contribution in [2.24, 2.45) is 5.92 Å². The number of hydrogen-bond acceptors (Lipinski definition) is 15. The molecule has 9 atom stereocenters. The highest BCUT2D eigenvalue weighted by Crippen LogP contribution is 2.42. The molecule has 1 saturated heterocycles. The standard InChI is InChI=1S/C16H22O9.C8H16O6/c1-7(17)21-13-12(11-5-6-11)25-16(24-10(4)20)15(23-9(3)19)14(13)22-8(2)18;1-2-3-14-8(13)7(12)6(11)5(10)4-9/h11-16H,5-6H2,1-4H3;4-8,10-13H,2-3H2,1H3/t12-,13+,14+,15-,16?;5-,6+,7+,8?/m01/s1. The molecule has 15 nitrogen and oxygen atoms in total. The van der Waals surface area contributed by atoms with E-state index in [-0.39, 0.29) is 18.8 Å². The van der Waals surface area contributed by atoms with E-state index in [1.54, 1.807) is 6.92 Å². The first-order valence-corrected chi connectivity index (χ1v) is 12.4. The lowest BCUT2D eigenvalue weighted by atomic mass is 9.95. The van der Waals surface area contributed by atoms with Crippen molar-refractivity contribution in [3.8, 4) is 0 Å². The van der Waals surface area contributed by atoms with Crippen LogP contribution in [0.2, 0.25) is 0 Å². The minimum atomic E-state index is -1.75. The quantitative estimate of drug-likeness (QED) is 0.0912. The Kier molecular flexibility index (Phi) is 14.5. The molecule has 0 aromatic carbocycles. The van der Waals surface area contributed by atoms with E-state index >= 15 is 0 Å². The smallest absolute Gasteiger partial charge is 0.305 e. The van der Waals surface area contributed by atoms with Crippen LogP contribution in [0.3, 0.4) is 0 Å². The molecule has 0 aromatic heterocycles. The highest BCUT2D eigenvalue weighted by molar-refractivity contribution is 5.69. The summed E-state index contributed by atoms with van der Waals surface area (Å²) in [5, 5.41) is 36.2. The van der Waals surface area contributed by atoms with Gasteiger partial charge >= 0.3 is 23.9 Å². The predicted molar refractivity (Wildman–Crippen MR) is 126 cm³/mol. The average molecular weight is 567 g/mol. The first-order valence-electron chi connectivity index (χ1n) is 12.4. The van der Waals surface area contributed by atoms with Gasteiger partial charge in [0.25, 0.3) is 0 Å². The van der Waals surface area contributed by atoms with E-state index in [9.17, 15) is 29.1 Å². The van der Waals surface area contributed by atoms with Crippen LogP contribution in [0.4, 0.5) is 0 Å². The summed E-state index contributed by atoms with van der Waals surface area (Å²) >= 11 is 0. The van der Waals surface area contributed by atoms with Gasteiger partial charge < -0.3 is 53.6 Å². The van der Waals surface area contributed by atoms with Gasteiger partial charge in [-0.1, -0.05) is 6.92 Å². The van der Waals surface area contributed by atoms with Crippen LogP contribution in [0.1, 0.15) is 53.9 Å². The normalized spacial score (nSPS) is 27.4. The van der Waals surface area contributed by atoms with Crippen molar-refractivity contribution in [3.05, 3.63) is 0 Å². The third-order valence-electron chi connectivity index (χ3n) is 5.43. The number of hydrogen-bond donors (Lipinski definition) is 4. The molecule has 2 fully saturated rings. The summed E-state index contributed by atoms with van der Waals surface area (Å²) in [6.07, 6.45) is -9.68. The average Bonchev–Trinajstić information content (AvgIpc) is 3.69. The molecule has 224 valence electrons. The summed E-state index contributed by atoms with van der Waals surface area (Å²) in [5.74, 6) is -2.52. The molecular weight excluding hydrogens is 528 g/mol. The molecule has 2 rings (SSSR count). The molecule has 1 aliphatic heterocycles. The molecule has 1 saturated carbocycles. The van der Waals surface area contributed by atoms with Crippen LogP contribution < -0.4 is 0 Å². The number of aldehydes is 1. The number of aliphatic hydroxyl groups excluding tert-OH is 4. The van der Waals surface area contributed by atoms with Crippen LogP contribution in [0.5, 0.6) is 0 Å². The maximum atomic E-state index is 11.5. The summed E-state index contributed by atoms with van der Waals surface area (Å²) in [6, 6.07) is 0. The topological polar surface area (TPSA) is 222 Å². The molecule has 2 aliphatic rings. The molecule has 0 radical (unpaired) electrons. The number of carbonyl (C=O) groups excluding carboxylic acids is 5. The highest BCUT2D eigenvalue weighted by atomic mass is 16.7. The molecule has 0 amide bonds. The van der Waals surface area contributed by atoms with Gasteiger partial charge in [-0.15, -0.1) is 0 Å². The van der Waals surface area contributed by atoms with Gasteiger partial charge in [-0.2, -0.15) is 0 Å². The van der Waals surface area contributed by atoms with Crippen molar-refractivity contribution in [2.45, 2.75) is 109 Å². The van der Waals surface area contributed by atoms with Crippen molar-refractivity contribution < 1.29 is 72.8 Å². The fourth-order valence-electron chi connectivity index (χ4n) is 3.66. The number of carbonyl (C=O) groups is 5. The molecular formula is C24H38O15. The molecule has 1 heterocycles. The van der Waals surface area contributed by atoms with Crippen LogP contribution in [0.25, 0.3) is 0 Å². The number of ether oxygens (including phenoxy) is 6. The summed E-state index contributed by atoms with van der Waals surface area (Å²) in [5.41, 5.74) is 0. The summed E-state index contributed by atoms with van der Waals surface area (Å²) in [6.45, 7) is 6.74. The molecule has 39 heavy (non-hydrogen) atoms. The van der Waals surface area contributed by atoms with E-state index in [1.165, 1.54) is 20.8 Å². The Hall–Kier alpha value is -2.69. The molecule has 15 heteroatoms. The fourth-order valence-corrected chi connectivity index (χ4v) is 3.66. The van der Waals surface area contributed by atoms with Gasteiger partial charge in [-0.25, -0.2) is 0 Å². The Morgan fingerprint density at radius 3 is 1.72 bits per heavy atom. The molecule has 1 aliphatic carbocycles. The Balaban J connectivity index is 0.000000464. The monoisotopic (exact) mass is 566 g/mol. The Bertz CT molecular complexity index is 828. The SMILES string of the molecule is CC(=O)OC1O[C@@H](C2CC2)[C@@H](OC(C)=O)[C@@H](OC(C)=O)[C@@H]1OC(C)=O.CCCOC(O)[C@@H](O)[C@@H](O)[C@H](O)C=O. The van der Waals surface area contributed by atoms with Gasteiger partial charge in [0.15, 0.2) is 24.8 Å². The van der Waals surface area contributed by atoms with Crippen molar-refractivity contribution in [3.63, 3.8) is 0 Å². The zero-order valence-electron chi connectivity index (χ0n) is 22.5. The van der Waals surface area contributed by atoms with E-state index in [0.717, 1.165) is 19.8 Å². The second-order valence-electron chi connectivity index (χ2n) is 9.01. The molecule has 2 unspecified atom stereocenters. The largest absolute Gasteiger partial charge is 0.456 e. The molecule has 4 N–H and O–H groups in total. The third kappa shape index (κ3) is 11.5. The van der Waals surface area contributed by atoms with Gasteiger partial charge in [0.05, 0.1) is 0 Å². The van der Waals surface area contributed by atoms with E-state index in [0.29, 0.717) is 6.42 Å². The van der Waals surface area contributed by atoms with E-state index in [1.807, 2.05) is 0 Å². The second kappa shape index (κ2) is 16.4. The van der Waals surface area contributed by atoms with Gasteiger partial charge in [0.1, 0.15) is 24.4 Å². The summed E-state index contributed by atoms with van der Waals surface area (Å²) < 4.78 is 31.3. The zero-order valence-corrected chi connectivity index (χ0v) is 22.5. The predicted octanol–water partition coefficient (Wildman–Crippen LogP) is -1.51. The van der Waals surface area contributed by atoms with Crippen LogP contribution in [-0.2, 0) is 52.4 Å². The van der Waals surface area contributed by atoms with Crippen LogP contribution in [0, 0.1) is 5.92 Å². The van der Waals surface area contributed by atoms with E-state index in [4.69, 9.17) is 39.0 Å². The Morgan fingerprint density at radius 1 is 0.795 bits per heavy atom. The maximum absolute atomic E-state index is 11.5. The molecule has 0 bridgehead atoms. The van der Waals surface area contributed by atoms with Gasteiger partial charge in [0, 0.05) is 34.3 Å². The van der Waals surface area contributed by atoms with Crippen molar-refractivity contribution >= 4 is 30.2 Å². The van der Waals surface area contributed by atoms with Gasteiger partial charge in [-0.3, -0.25) is 19.2 Å². The first-order chi connectivity index (χ1) is 18.2. The van der Waals surface area contributed by atoms with Gasteiger partial charge in [-0.05, 0) is 25.2 Å². The fraction of sp³-hybridized carbons (Fsp3) is 0.792. The van der Waals surface area contributed by atoms with E-state index in [2.05, 4.69) is 4.74 Å².